The quantitative estimate of drug-likeness (QED) is 0.0573. The summed E-state index contributed by atoms with van der Waals surface area (Å²) in [5.41, 5.74) is 5.80. The second-order valence-electron chi connectivity index (χ2n) is 16.0. The van der Waals surface area contributed by atoms with Gasteiger partial charge in [0.25, 0.3) is 0 Å². The van der Waals surface area contributed by atoms with E-state index in [4.69, 9.17) is 75.2 Å². The maximum absolute atomic E-state index is 13.2. The van der Waals surface area contributed by atoms with Crippen LogP contribution in [0.25, 0.3) is 0 Å². The van der Waals surface area contributed by atoms with Gasteiger partial charge in [-0.15, -0.1) is 0 Å². The molecule has 2 aromatic heterocycles. The van der Waals surface area contributed by atoms with E-state index < -0.39 is 5.91 Å². The van der Waals surface area contributed by atoms with Crippen LogP contribution in [0, 0.1) is 6.92 Å². The zero-order valence-electron chi connectivity index (χ0n) is 42.1. The monoisotopic (exact) mass is 1100 g/mol. The SMILES string of the molecule is C=CC(=O)Nc1cc(OCCO)ccc1Cc1cc(N(C)C(=O)Cc2c(Cl)c(OC)cc(OC)c2Cl)ncn1.C=CC(=O)Nc1cccc(C)c1Cc1cc(N(C)C(=O)Cc2c(Cl)c(OC)cc(OC)c2Cl)ncn1. The lowest BCUT2D eigenvalue weighted by Crippen LogP contribution is -2.29. The Labute approximate surface area is 454 Å². The van der Waals surface area contributed by atoms with E-state index in [-0.39, 0.29) is 63.9 Å². The number of amides is 4. The van der Waals surface area contributed by atoms with Gasteiger partial charge >= 0.3 is 0 Å². The fourth-order valence-electron chi connectivity index (χ4n) is 7.19. The minimum absolute atomic E-state index is 0.101. The first-order valence-electron chi connectivity index (χ1n) is 22.6. The van der Waals surface area contributed by atoms with Gasteiger partial charge in [0.2, 0.25) is 23.6 Å². The summed E-state index contributed by atoms with van der Waals surface area (Å²) in [7, 11) is 9.04. The number of methoxy groups -OCH3 is 4. The zero-order valence-corrected chi connectivity index (χ0v) is 45.1. The third-order valence-electron chi connectivity index (χ3n) is 11.3. The minimum Gasteiger partial charge on any atom is -0.495 e. The molecule has 0 aliphatic rings. The van der Waals surface area contributed by atoms with E-state index in [0.717, 1.165) is 22.8 Å². The highest BCUT2D eigenvalue weighted by Crippen LogP contribution is 2.42. The standard InChI is InChI=1S/C27H28Cl2N4O6.C26H26Cl2N4O4/c1-5-24(35)32-20-12-18(39-9-8-34)7-6-16(20)10-17-11-23(31-15-30-17)33(2)25(36)13-19-26(28)21(37-3)14-22(38-4)27(19)29;1-6-23(33)31-19-9-7-8-15(2)17(19)10-16-11-22(30-14-29-16)32(3)24(34)12-18-25(27)20(35-4)13-21(36-5)26(18)28/h5-7,11-12,14-15,34H,1,8-10,13H2,2-4H3,(H,32,35);6-9,11,13-14H,1,10,12H2,2-5H3,(H,31,33). The molecule has 6 aromatic rings. The summed E-state index contributed by atoms with van der Waals surface area (Å²) in [4.78, 5) is 70.2. The topological polar surface area (TPSA) is 217 Å². The van der Waals surface area contributed by atoms with Gasteiger partial charge in [0, 0.05) is 79.8 Å². The van der Waals surface area contributed by atoms with Crippen molar-refractivity contribution in [2.45, 2.75) is 32.6 Å². The van der Waals surface area contributed by atoms with Crippen molar-refractivity contribution >= 4 is 93.0 Å². The van der Waals surface area contributed by atoms with Crippen molar-refractivity contribution < 1.29 is 48.0 Å². The average Bonchev–Trinajstić information content (AvgIpc) is 3.41. The molecular weight excluding hydrogens is 1050 g/mol. The highest BCUT2D eigenvalue weighted by molar-refractivity contribution is 6.39. The fraction of sp³-hybridized carbons (Fsp3) is 0.245. The second-order valence-corrected chi connectivity index (χ2v) is 17.5. The molecule has 0 aliphatic carbocycles. The van der Waals surface area contributed by atoms with E-state index in [1.54, 1.807) is 56.6 Å². The molecule has 4 aromatic carbocycles. The van der Waals surface area contributed by atoms with E-state index in [2.05, 4.69) is 43.7 Å². The molecule has 0 spiro atoms. The fourth-order valence-corrected chi connectivity index (χ4v) is 8.46. The maximum atomic E-state index is 13.2. The number of carbonyl (C=O) groups is 4. The predicted molar refractivity (Wildman–Crippen MR) is 291 cm³/mol. The number of aryl methyl sites for hydroxylation is 1. The van der Waals surface area contributed by atoms with Crippen LogP contribution in [-0.4, -0.2) is 104 Å². The van der Waals surface area contributed by atoms with Crippen LogP contribution in [0.3, 0.4) is 0 Å². The van der Waals surface area contributed by atoms with Gasteiger partial charge in [0.1, 0.15) is 59.6 Å². The third-order valence-corrected chi connectivity index (χ3v) is 13.0. The first-order chi connectivity index (χ1) is 35.9. The molecule has 0 unspecified atom stereocenters. The van der Waals surface area contributed by atoms with Crippen molar-refractivity contribution in [1.82, 2.24) is 19.9 Å². The Morgan fingerprint density at radius 3 is 1.51 bits per heavy atom. The number of nitrogens with zero attached hydrogens (tertiary/aromatic N) is 6. The molecule has 0 radical (unpaired) electrons. The van der Waals surface area contributed by atoms with Crippen LogP contribution in [0.2, 0.25) is 20.1 Å². The van der Waals surface area contributed by atoms with Gasteiger partial charge in [-0.2, -0.15) is 0 Å². The van der Waals surface area contributed by atoms with Gasteiger partial charge in [-0.05, 0) is 47.9 Å². The normalized spacial score (nSPS) is 10.5. The Balaban J connectivity index is 0.000000278. The number of rotatable bonds is 21. The largest absolute Gasteiger partial charge is 0.495 e. The molecule has 0 saturated heterocycles. The molecule has 4 amide bonds. The van der Waals surface area contributed by atoms with Crippen molar-refractivity contribution in [2.75, 3.05) is 76.2 Å². The number of benzene rings is 4. The summed E-state index contributed by atoms with van der Waals surface area (Å²) in [6.45, 7) is 8.91. The Bertz CT molecular complexity index is 3030. The molecule has 0 saturated carbocycles. The summed E-state index contributed by atoms with van der Waals surface area (Å²) in [5.74, 6) is 1.28. The van der Waals surface area contributed by atoms with Crippen LogP contribution in [0.1, 0.15) is 39.2 Å². The molecular formula is C53H54Cl4N8O10. The van der Waals surface area contributed by atoms with Crippen LogP contribution in [0.4, 0.5) is 23.0 Å². The highest BCUT2D eigenvalue weighted by Gasteiger charge is 2.25. The number of ether oxygens (including phenoxy) is 5. The van der Waals surface area contributed by atoms with E-state index in [1.807, 2.05) is 25.1 Å². The Morgan fingerprint density at radius 1 is 0.613 bits per heavy atom. The Kier molecular flexibility index (Phi) is 21.6. The number of aliphatic hydroxyl groups excluding tert-OH is 1. The molecule has 3 N–H and O–H groups in total. The van der Waals surface area contributed by atoms with Crippen LogP contribution >= 0.6 is 46.4 Å². The first-order valence-corrected chi connectivity index (χ1v) is 24.1. The van der Waals surface area contributed by atoms with Crippen LogP contribution < -0.4 is 44.1 Å². The third kappa shape index (κ3) is 15.1. The zero-order chi connectivity index (χ0) is 54.9. The van der Waals surface area contributed by atoms with Gasteiger partial charge in [-0.25, -0.2) is 19.9 Å². The van der Waals surface area contributed by atoms with Crippen LogP contribution in [0.15, 0.2) is 98.6 Å². The van der Waals surface area contributed by atoms with Crippen molar-refractivity contribution in [1.29, 1.82) is 0 Å². The van der Waals surface area contributed by atoms with Crippen molar-refractivity contribution in [2.24, 2.45) is 0 Å². The summed E-state index contributed by atoms with van der Waals surface area (Å²) in [6.07, 6.45) is 5.62. The van der Waals surface area contributed by atoms with Gasteiger partial charge < -0.3 is 39.4 Å². The minimum atomic E-state index is -0.393. The molecule has 6 rings (SSSR count). The average molecular weight is 1100 g/mol. The molecule has 394 valence electrons. The van der Waals surface area contributed by atoms with Crippen molar-refractivity contribution in [3.8, 4) is 28.7 Å². The predicted octanol–water partition coefficient (Wildman–Crippen LogP) is 9.12. The van der Waals surface area contributed by atoms with Crippen molar-refractivity contribution in [3.63, 3.8) is 0 Å². The molecule has 0 aliphatic heterocycles. The number of hydrogen-bond acceptors (Lipinski definition) is 14. The smallest absolute Gasteiger partial charge is 0.247 e. The number of nitrogens with one attached hydrogen (secondary N) is 2. The van der Waals surface area contributed by atoms with Crippen LogP contribution in [-0.2, 0) is 44.9 Å². The summed E-state index contributed by atoms with van der Waals surface area (Å²) < 4.78 is 26.6. The second kappa shape index (κ2) is 27.7. The van der Waals surface area contributed by atoms with Gasteiger partial charge in [-0.3, -0.25) is 29.0 Å². The summed E-state index contributed by atoms with van der Waals surface area (Å²) >= 11 is 25.7. The summed E-state index contributed by atoms with van der Waals surface area (Å²) in [5, 5.41) is 15.5. The number of anilines is 4. The Morgan fingerprint density at radius 2 is 1.07 bits per heavy atom. The molecule has 75 heavy (non-hydrogen) atoms. The molecule has 22 heteroatoms. The van der Waals surface area contributed by atoms with E-state index in [9.17, 15) is 19.2 Å². The Hall–Kier alpha value is -7.48. The van der Waals surface area contributed by atoms with Gasteiger partial charge in [0.05, 0.1) is 79.4 Å². The molecule has 0 bridgehead atoms. The van der Waals surface area contributed by atoms with Gasteiger partial charge in [0.15, 0.2) is 0 Å². The lowest BCUT2D eigenvalue weighted by Gasteiger charge is -2.19. The van der Waals surface area contributed by atoms with Gasteiger partial charge in [-0.1, -0.05) is 77.8 Å². The number of aliphatic hydroxyl groups is 1. The van der Waals surface area contributed by atoms with E-state index in [0.29, 0.717) is 87.1 Å². The highest BCUT2D eigenvalue weighted by atomic mass is 35.5. The maximum Gasteiger partial charge on any atom is 0.247 e. The molecule has 0 atom stereocenters. The van der Waals surface area contributed by atoms with Crippen LogP contribution in [0.5, 0.6) is 28.7 Å². The number of carbonyl (C=O) groups excluding carboxylic acids is 4. The van der Waals surface area contributed by atoms with Crippen molar-refractivity contribution in [3.05, 3.63) is 158 Å². The van der Waals surface area contributed by atoms with E-state index >= 15 is 0 Å². The number of aromatic nitrogens is 4. The number of hydrogen-bond donors (Lipinski definition) is 3. The lowest BCUT2D eigenvalue weighted by atomic mass is 10.0. The number of halogens is 4. The number of likely N-dealkylation sites (N-methyl/N-ethyl adjacent to an activating group) is 2. The molecule has 2 heterocycles. The van der Waals surface area contributed by atoms with E-state index in [1.165, 1.54) is 57.0 Å². The summed E-state index contributed by atoms with van der Waals surface area (Å²) in [6, 6.07) is 17.3. The first kappa shape index (κ1) is 58.4. The molecule has 0 fully saturated rings. The lowest BCUT2D eigenvalue weighted by molar-refractivity contribution is -0.118. The molecule has 18 nitrogen and oxygen atoms in total.